The number of alkyl halides is 1. The minimum atomic E-state index is -1.54. The number of aromatic amines is 1. The maximum absolute atomic E-state index is 11.6. The van der Waals surface area contributed by atoms with E-state index in [1.54, 1.807) is 0 Å². The van der Waals surface area contributed by atoms with Gasteiger partial charge in [0, 0.05) is 6.20 Å². The van der Waals surface area contributed by atoms with Gasteiger partial charge in [-0.2, -0.15) is 5.10 Å². The molecule has 0 aliphatic rings. The topological polar surface area (TPSA) is 45.8 Å². The number of hydrogen-bond acceptors (Lipinski definition) is 2. The zero-order valence-electron chi connectivity index (χ0n) is 4.50. The summed E-state index contributed by atoms with van der Waals surface area (Å²) in [5, 5.41) is 6.24. The number of hydrogen-bond donors (Lipinski definition) is 1. The smallest absolute Gasteiger partial charge is 0.170 e. The Labute approximate surface area is 53.7 Å². The molecule has 1 unspecified atom stereocenters. The van der Waals surface area contributed by atoms with Crippen molar-refractivity contribution in [3.05, 3.63) is 12.3 Å². The molecule has 0 saturated heterocycles. The second-order valence-corrected chi connectivity index (χ2v) is 2.72. The fourth-order valence-corrected chi connectivity index (χ4v) is 0.913. The van der Waals surface area contributed by atoms with Crippen LogP contribution in [-0.2, 0) is 10.8 Å². The van der Waals surface area contributed by atoms with Crippen LogP contribution in [0.3, 0.4) is 0 Å². The molecule has 0 aromatic carbocycles. The second-order valence-electron chi connectivity index (χ2n) is 1.38. The van der Waals surface area contributed by atoms with Crippen LogP contribution in [0, 0.1) is 0 Å². The van der Waals surface area contributed by atoms with E-state index in [-0.39, 0.29) is 0 Å². The average Bonchev–Trinajstić information content (AvgIpc) is 2.37. The molecule has 9 heavy (non-hydrogen) atoms. The van der Waals surface area contributed by atoms with Gasteiger partial charge in [0.05, 0.1) is 0 Å². The number of H-pyrrole nitrogens is 1. The Balaban J connectivity index is 2.77. The van der Waals surface area contributed by atoms with Gasteiger partial charge < -0.3 is 0 Å². The summed E-state index contributed by atoms with van der Waals surface area (Å²) in [7, 11) is -1.54. The highest BCUT2D eigenvalue weighted by Gasteiger charge is 2.01. The van der Waals surface area contributed by atoms with Crippen LogP contribution in [0.2, 0.25) is 0 Å². The van der Waals surface area contributed by atoms with E-state index in [0.29, 0.717) is 5.03 Å². The molecule has 1 aromatic rings. The Bertz CT molecular complexity index is 198. The lowest BCUT2D eigenvalue weighted by molar-refractivity contribution is 0.579. The summed E-state index contributed by atoms with van der Waals surface area (Å²) in [5.74, 6) is 0. The van der Waals surface area contributed by atoms with Crippen molar-refractivity contribution in [1.82, 2.24) is 10.2 Å². The highest BCUT2D eigenvalue weighted by atomic mass is 32.2. The summed E-state index contributed by atoms with van der Waals surface area (Å²) in [4.78, 5) is 0. The standard InChI is InChI=1S/C4H5FN2OS/c5-3-9(8)4-1-2-6-7-4/h1-2H,3H2,(H,6,7). The Kier molecular flexibility index (Phi) is 1.94. The fraction of sp³-hybridized carbons (Fsp3) is 0.250. The zero-order chi connectivity index (χ0) is 6.69. The molecular formula is C4H5FN2OS. The minimum Gasteiger partial charge on any atom is -0.269 e. The van der Waals surface area contributed by atoms with Crippen LogP contribution in [-0.4, -0.2) is 20.4 Å². The normalized spacial score (nSPS) is 13.4. The molecule has 1 atom stereocenters. The predicted octanol–water partition coefficient (Wildman–Crippen LogP) is 0.444. The summed E-state index contributed by atoms with van der Waals surface area (Å²) in [6, 6.07) is 0.623. The number of nitrogens with one attached hydrogen (secondary N) is 1. The van der Waals surface area contributed by atoms with Crippen molar-refractivity contribution in [2.75, 3.05) is 6.01 Å². The molecule has 0 saturated carbocycles. The Morgan fingerprint density at radius 1 is 1.89 bits per heavy atom. The molecular weight excluding hydrogens is 143 g/mol. The first-order chi connectivity index (χ1) is 4.34. The highest BCUT2D eigenvalue weighted by Crippen LogP contribution is 1.99. The Hall–Kier alpha value is -0.710. The summed E-state index contributed by atoms with van der Waals surface area (Å²) in [5.41, 5.74) is 0. The van der Waals surface area contributed by atoms with Crippen LogP contribution in [0.4, 0.5) is 4.39 Å². The third kappa shape index (κ3) is 1.35. The third-order valence-corrected chi connectivity index (χ3v) is 1.74. The minimum absolute atomic E-state index is 0.331. The largest absolute Gasteiger partial charge is 0.269 e. The van der Waals surface area contributed by atoms with Gasteiger partial charge in [0.15, 0.2) is 6.01 Å². The molecule has 0 spiro atoms. The first-order valence-corrected chi connectivity index (χ1v) is 3.60. The summed E-state index contributed by atoms with van der Waals surface area (Å²) >= 11 is 0. The summed E-state index contributed by atoms with van der Waals surface area (Å²) < 4.78 is 22.1. The average molecular weight is 148 g/mol. The Morgan fingerprint density at radius 2 is 2.67 bits per heavy atom. The molecule has 1 aromatic heterocycles. The molecule has 3 nitrogen and oxygen atoms in total. The first-order valence-electron chi connectivity index (χ1n) is 2.28. The molecule has 1 N–H and O–H groups in total. The van der Waals surface area contributed by atoms with Crippen molar-refractivity contribution in [3.8, 4) is 0 Å². The quantitative estimate of drug-likeness (QED) is 0.661. The maximum Gasteiger partial charge on any atom is 0.170 e. The number of halogens is 1. The third-order valence-electron chi connectivity index (χ3n) is 0.820. The lowest BCUT2D eigenvalue weighted by Gasteiger charge is -1.86. The van der Waals surface area contributed by atoms with Crippen LogP contribution in [0.25, 0.3) is 0 Å². The molecule has 0 aliphatic carbocycles. The number of nitrogens with zero attached hydrogens (tertiary/aromatic N) is 1. The van der Waals surface area contributed by atoms with Gasteiger partial charge in [-0.05, 0) is 6.07 Å². The second kappa shape index (κ2) is 2.72. The van der Waals surface area contributed by atoms with Crippen LogP contribution in [0.15, 0.2) is 17.3 Å². The van der Waals surface area contributed by atoms with Gasteiger partial charge in [0.1, 0.15) is 15.8 Å². The van der Waals surface area contributed by atoms with Gasteiger partial charge in [-0.25, -0.2) is 4.39 Å². The molecule has 0 bridgehead atoms. The van der Waals surface area contributed by atoms with Gasteiger partial charge in [-0.1, -0.05) is 0 Å². The fourth-order valence-electron chi connectivity index (χ4n) is 0.429. The molecule has 0 aliphatic heterocycles. The van der Waals surface area contributed by atoms with Crippen LogP contribution in [0.5, 0.6) is 0 Å². The molecule has 1 rings (SSSR count). The number of rotatable bonds is 2. The van der Waals surface area contributed by atoms with E-state index < -0.39 is 16.8 Å². The summed E-state index contributed by atoms with van der Waals surface area (Å²) in [6.45, 7) is 0. The van der Waals surface area contributed by atoms with Crippen molar-refractivity contribution < 1.29 is 8.60 Å². The van der Waals surface area contributed by atoms with Crippen molar-refractivity contribution >= 4 is 10.8 Å². The zero-order valence-corrected chi connectivity index (χ0v) is 5.32. The van der Waals surface area contributed by atoms with Crippen molar-refractivity contribution in [2.24, 2.45) is 0 Å². The predicted molar refractivity (Wildman–Crippen MR) is 31.0 cm³/mol. The van der Waals surface area contributed by atoms with E-state index in [1.165, 1.54) is 12.3 Å². The first kappa shape index (κ1) is 6.41. The molecule has 0 amide bonds. The van der Waals surface area contributed by atoms with Gasteiger partial charge in [0.25, 0.3) is 0 Å². The Morgan fingerprint density at radius 3 is 3.11 bits per heavy atom. The monoisotopic (exact) mass is 148 g/mol. The highest BCUT2D eigenvalue weighted by molar-refractivity contribution is 7.84. The molecule has 0 radical (unpaired) electrons. The van der Waals surface area contributed by atoms with E-state index >= 15 is 0 Å². The lowest BCUT2D eigenvalue weighted by Crippen LogP contribution is -1.92. The van der Waals surface area contributed by atoms with Crippen LogP contribution >= 0.6 is 0 Å². The summed E-state index contributed by atoms with van der Waals surface area (Å²) in [6.07, 6.45) is 1.43. The van der Waals surface area contributed by atoms with Gasteiger partial charge in [0.2, 0.25) is 0 Å². The number of aromatic nitrogens is 2. The molecule has 50 valence electrons. The molecule has 0 fully saturated rings. The van der Waals surface area contributed by atoms with Gasteiger partial charge >= 0.3 is 0 Å². The van der Waals surface area contributed by atoms with E-state index in [4.69, 9.17) is 0 Å². The molecule has 5 heteroatoms. The van der Waals surface area contributed by atoms with Crippen molar-refractivity contribution in [3.63, 3.8) is 0 Å². The van der Waals surface area contributed by atoms with E-state index in [9.17, 15) is 8.60 Å². The van der Waals surface area contributed by atoms with E-state index in [1.807, 2.05) is 0 Å². The van der Waals surface area contributed by atoms with Crippen LogP contribution < -0.4 is 0 Å². The molecule has 1 heterocycles. The van der Waals surface area contributed by atoms with Gasteiger partial charge in [-0.15, -0.1) is 0 Å². The maximum atomic E-state index is 11.6. The van der Waals surface area contributed by atoms with Crippen molar-refractivity contribution in [2.45, 2.75) is 5.03 Å². The van der Waals surface area contributed by atoms with E-state index in [0.717, 1.165) is 0 Å². The lowest BCUT2D eigenvalue weighted by atomic mass is 10.8. The van der Waals surface area contributed by atoms with E-state index in [2.05, 4.69) is 10.2 Å². The SMILES string of the molecule is O=S(CF)c1ccn[nH]1. The van der Waals surface area contributed by atoms with Crippen molar-refractivity contribution in [1.29, 1.82) is 0 Å². The van der Waals surface area contributed by atoms with Gasteiger partial charge in [-0.3, -0.25) is 9.31 Å². The van der Waals surface area contributed by atoms with Crippen LogP contribution in [0.1, 0.15) is 0 Å².